The molecule has 1 heterocycles. The van der Waals surface area contributed by atoms with Gasteiger partial charge in [-0.25, -0.2) is 0 Å². The lowest BCUT2D eigenvalue weighted by molar-refractivity contribution is 0.0955. The highest BCUT2D eigenvalue weighted by atomic mass is 32.1. The standard InChI is InChI=1S/C16H13NOS/c18-16(15-6-3-9-19-15)17-11-12-7-8-13-4-1-2-5-14(13)10-12/h1-10H,11H2,(H,17,18). The molecular formula is C16H13NOS. The molecule has 0 saturated carbocycles. The summed E-state index contributed by atoms with van der Waals surface area (Å²) in [6.07, 6.45) is 0. The summed E-state index contributed by atoms with van der Waals surface area (Å²) in [5.74, 6) is -0.0110. The smallest absolute Gasteiger partial charge is 0.261 e. The Hall–Kier alpha value is -2.13. The van der Waals surface area contributed by atoms with Crippen molar-refractivity contribution in [1.29, 1.82) is 0 Å². The van der Waals surface area contributed by atoms with Crippen LogP contribution in [0.3, 0.4) is 0 Å². The van der Waals surface area contributed by atoms with E-state index in [2.05, 4.69) is 35.6 Å². The van der Waals surface area contributed by atoms with Gasteiger partial charge >= 0.3 is 0 Å². The van der Waals surface area contributed by atoms with E-state index in [1.165, 1.54) is 22.1 Å². The van der Waals surface area contributed by atoms with Crippen LogP contribution in [0.2, 0.25) is 0 Å². The van der Waals surface area contributed by atoms with E-state index in [1.807, 2.05) is 29.6 Å². The van der Waals surface area contributed by atoms with Gasteiger partial charge in [0.1, 0.15) is 0 Å². The number of amides is 1. The number of fused-ring (bicyclic) bond motifs is 1. The van der Waals surface area contributed by atoms with Gasteiger partial charge in [-0.05, 0) is 33.8 Å². The maximum atomic E-state index is 11.8. The fourth-order valence-corrected chi connectivity index (χ4v) is 2.67. The molecule has 0 aliphatic heterocycles. The van der Waals surface area contributed by atoms with Crippen molar-refractivity contribution >= 4 is 28.0 Å². The Balaban J connectivity index is 1.73. The van der Waals surface area contributed by atoms with Crippen molar-refractivity contribution in [2.45, 2.75) is 6.54 Å². The van der Waals surface area contributed by atoms with Gasteiger partial charge in [0, 0.05) is 6.54 Å². The summed E-state index contributed by atoms with van der Waals surface area (Å²) in [6, 6.07) is 18.2. The largest absolute Gasteiger partial charge is 0.347 e. The molecule has 3 heteroatoms. The molecule has 2 aromatic carbocycles. The molecular weight excluding hydrogens is 254 g/mol. The maximum Gasteiger partial charge on any atom is 0.261 e. The topological polar surface area (TPSA) is 29.1 Å². The number of benzene rings is 2. The second kappa shape index (κ2) is 5.24. The Bertz CT molecular complexity index is 704. The second-order valence-electron chi connectivity index (χ2n) is 4.34. The van der Waals surface area contributed by atoms with Crippen molar-refractivity contribution < 1.29 is 4.79 Å². The highest BCUT2D eigenvalue weighted by Crippen LogP contribution is 2.15. The van der Waals surface area contributed by atoms with E-state index in [4.69, 9.17) is 0 Å². The minimum atomic E-state index is -0.0110. The molecule has 94 valence electrons. The minimum Gasteiger partial charge on any atom is -0.347 e. The van der Waals surface area contributed by atoms with E-state index in [0.717, 1.165) is 10.4 Å². The van der Waals surface area contributed by atoms with E-state index in [-0.39, 0.29) is 5.91 Å². The highest BCUT2D eigenvalue weighted by molar-refractivity contribution is 7.12. The van der Waals surface area contributed by atoms with Crippen molar-refractivity contribution in [3.05, 3.63) is 70.4 Å². The predicted molar refractivity (Wildman–Crippen MR) is 79.4 cm³/mol. The van der Waals surface area contributed by atoms with Crippen molar-refractivity contribution in [3.63, 3.8) is 0 Å². The minimum absolute atomic E-state index is 0.0110. The first kappa shape index (κ1) is 11.9. The Morgan fingerprint density at radius 1 is 1.00 bits per heavy atom. The van der Waals surface area contributed by atoms with Crippen LogP contribution < -0.4 is 5.32 Å². The lowest BCUT2D eigenvalue weighted by Crippen LogP contribution is -2.21. The average Bonchev–Trinajstić information content (AvgIpc) is 2.99. The molecule has 0 aliphatic rings. The Kier molecular flexibility index (Phi) is 3.29. The van der Waals surface area contributed by atoms with E-state index in [1.54, 1.807) is 0 Å². The Morgan fingerprint density at radius 3 is 2.63 bits per heavy atom. The summed E-state index contributed by atoms with van der Waals surface area (Å²) in [5.41, 5.74) is 1.11. The lowest BCUT2D eigenvalue weighted by Gasteiger charge is -2.05. The van der Waals surface area contributed by atoms with Crippen LogP contribution >= 0.6 is 11.3 Å². The quantitative estimate of drug-likeness (QED) is 0.767. The van der Waals surface area contributed by atoms with Crippen LogP contribution in [0, 0.1) is 0 Å². The number of hydrogen-bond acceptors (Lipinski definition) is 2. The molecule has 0 unspecified atom stereocenters. The number of carbonyl (C=O) groups excluding carboxylic acids is 1. The van der Waals surface area contributed by atoms with Crippen molar-refractivity contribution in [3.8, 4) is 0 Å². The first-order valence-electron chi connectivity index (χ1n) is 6.12. The van der Waals surface area contributed by atoms with Gasteiger partial charge in [-0.3, -0.25) is 4.79 Å². The zero-order valence-corrected chi connectivity index (χ0v) is 11.1. The van der Waals surface area contributed by atoms with Crippen molar-refractivity contribution in [2.24, 2.45) is 0 Å². The van der Waals surface area contributed by atoms with E-state index < -0.39 is 0 Å². The molecule has 0 aliphatic carbocycles. The van der Waals surface area contributed by atoms with Crippen LogP contribution in [-0.4, -0.2) is 5.91 Å². The monoisotopic (exact) mass is 267 g/mol. The fourth-order valence-electron chi connectivity index (χ4n) is 2.03. The third kappa shape index (κ3) is 2.66. The summed E-state index contributed by atoms with van der Waals surface area (Å²) in [6.45, 7) is 0.557. The molecule has 19 heavy (non-hydrogen) atoms. The highest BCUT2D eigenvalue weighted by Gasteiger charge is 2.05. The molecule has 0 fully saturated rings. The van der Waals surface area contributed by atoms with Gasteiger partial charge < -0.3 is 5.32 Å². The summed E-state index contributed by atoms with van der Waals surface area (Å²) in [7, 11) is 0. The van der Waals surface area contributed by atoms with Gasteiger partial charge in [-0.2, -0.15) is 0 Å². The Morgan fingerprint density at radius 2 is 1.84 bits per heavy atom. The van der Waals surface area contributed by atoms with Crippen LogP contribution in [0.4, 0.5) is 0 Å². The number of hydrogen-bond donors (Lipinski definition) is 1. The van der Waals surface area contributed by atoms with Gasteiger partial charge in [-0.1, -0.05) is 42.5 Å². The summed E-state index contributed by atoms with van der Waals surface area (Å²) in [5, 5.41) is 7.26. The van der Waals surface area contributed by atoms with Crippen molar-refractivity contribution in [1.82, 2.24) is 5.32 Å². The van der Waals surface area contributed by atoms with E-state index in [0.29, 0.717) is 6.54 Å². The van der Waals surface area contributed by atoms with Crippen LogP contribution in [0.15, 0.2) is 60.0 Å². The molecule has 3 aromatic rings. The summed E-state index contributed by atoms with van der Waals surface area (Å²) >= 11 is 1.46. The molecule has 1 N–H and O–H groups in total. The lowest BCUT2D eigenvalue weighted by atomic mass is 10.1. The molecule has 0 spiro atoms. The molecule has 1 amide bonds. The first-order valence-corrected chi connectivity index (χ1v) is 7.00. The third-order valence-electron chi connectivity index (χ3n) is 3.01. The second-order valence-corrected chi connectivity index (χ2v) is 5.29. The van der Waals surface area contributed by atoms with E-state index >= 15 is 0 Å². The van der Waals surface area contributed by atoms with Gasteiger partial charge in [0.05, 0.1) is 4.88 Å². The molecule has 0 bridgehead atoms. The third-order valence-corrected chi connectivity index (χ3v) is 3.88. The zero-order valence-electron chi connectivity index (χ0n) is 10.3. The van der Waals surface area contributed by atoms with Crippen LogP contribution in [-0.2, 0) is 6.54 Å². The zero-order chi connectivity index (χ0) is 13.1. The number of rotatable bonds is 3. The van der Waals surface area contributed by atoms with Gasteiger partial charge in [0.25, 0.3) is 5.91 Å². The number of thiophene rings is 1. The van der Waals surface area contributed by atoms with Gasteiger partial charge in [0.2, 0.25) is 0 Å². The van der Waals surface area contributed by atoms with Gasteiger partial charge in [-0.15, -0.1) is 11.3 Å². The van der Waals surface area contributed by atoms with E-state index in [9.17, 15) is 4.79 Å². The number of carbonyl (C=O) groups is 1. The molecule has 1 aromatic heterocycles. The molecule has 0 saturated heterocycles. The molecule has 0 radical (unpaired) electrons. The van der Waals surface area contributed by atoms with Crippen molar-refractivity contribution in [2.75, 3.05) is 0 Å². The fraction of sp³-hybridized carbons (Fsp3) is 0.0625. The number of nitrogens with one attached hydrogen (secondary N) is 1. The van der Waals surface area contributed by atoms with Gasteiger partial charge in [0.15, 0.2) is 0 Å². The summed E-state index contributed by atoms with van der Waals surface area (Å²) in [4.78, 5) is 12.6. The van der Waals surface area contributed by atoms with Crippen LogP contribution in [0.25, 0.3) is 10.8 Å². The molecule has 0 atom stereocenters. The van der Waals surface area contributed by atoms with Crippen LogP contribution in [0.1, 0.15) is 15.2 Å². The SMILES string of the molecule is O=C(NCc1ccc2ccccc2c1)c1cccs1. The molecule has 2 nitrogen and oxygen atoms in total. The molecule has 3 rings (SSSR count). The predicted octanol–water partition coefficient (Wildman–Crippen LogP) is 3.83. The average molecular weight is 267 g/mol. The maximum absolute atomic E-state index is 11.8. The summed E-state index contributed by atoms with van der Waals surface area (Å²) < 4.78 is 0. The first-order chi connectivity index (χ1) is 9.33. The normalized spacial score (nSPS) is 10.5. The van der Waals surface area contributed by atoms with Crippen LogP contribution in [0.5, 0.6) is 0 Å². The Labute approximate surface area is 115 Å².